The van der Waals surface area contributed by atoms with E-state index in [1.165, 1.54) is 0 Å². The van der Waals surface area contributed by atoms with Gasteiger partial charge in [0.05, 0.1) is 18.7 Å². The zero-order valence-corrected chi connectivity index (χ0v) is 15.6. The van der Waals surface area contributed by atoms with Gasteiger partial charge in [-0.25, -0.2) is 4.98 Å². The summed E-state index contributed by atoms with van der Waals surface area (Å²) in [7, 11) is 1.77. The average Bonchev–Trinajstić information content (AvgIpc) is 3.09. The van der Waals surface area contributed by atoms with E-state index in [1.807, 2.05) is 40.8 Å². The van der Waals surface area contributed by atoms with Crippen LogP contribution in [0.3, 0.4) is 0 Å². The zero-order chi connectivity index (χ0) is 17.8. The fourth-order valence-electron chi connectivity index (χ4n) is 5.40. The van der Waals surface area contributed by atoms with Crippen LogP contribution in [0.25, 0.3) is 5.65 Å². The molecule has 2 aromatic rings. The van der Waals surface area contributed by atoms with E-state index < -0.39 is 0 Å². The number of nitrogens with zero attached hydrogens (tertiary/aromatic N) is 3. The Morgan fingerprint density at radius 3 is 2.96 bits per heavy atom. The number of likely N-dealkylation sites (tertiary alicyclic amines) is 1. The molecule has 134 valence electrons. The Bertz CT molecular complexity index is 825. The van der Waals surface area contributed by atoms with Crippen molar-refractivity contribution in [2.75, 3.05) is 26.8 Å². The first-order chi connectivity index (χ1) is 11.9. The number of fused-ring (bicyclic) bond motifs is 2. The Morgan fingerprint density at radius 1 is 1.44 bits per heavy atom. The fourth-order valence-corrected chi connectivity index (χ4v) is 5.40. The third-order valence-electron chi connectivity index (χ3n) is 6.32. The van der Waals surface area contributed by atoms with Crippen LogP contribution in [0.15, 0.2) is 24.5 Å². The smallest absolute Gasteiger partial charge is 0.228 e. The molecule has 5 heteroatoms. The van der Waals surface area contributed by atoms with Crippen molar-refractivity contribution in [3.63, 3.8) is 0 Å². The summed E-state index contributed by atoms with van der Waals surface area (Å²) >= 11 is 0. The summed E-state index contributed by atoms with van der Waals surface area (Å²) in [4.78, 5) is 19.5. The number of hydrogen-bond donors (Lipinski definition) is 0. The number of pyridine rings is 1. The first-order valence-corrected chi connectivity index (χ1v) is 9.05. The summed E-state index contributed by atoms with van der Waals surface area (Å²) in [6, 6.07) is 4.05. The molecule has 1 amide bonds. The van der Waals surface area contributed by atoms with Crippen LogP contribution in [0.5, 0.6) is 0 Å². The van der Waals surface area contributed by atoms with Gasteiger partial charge in [0.25, 0.3) is 0 Å². The Kier molecular flexibility index (Phi) is 3.69. The van der Waals surface area contributed by atoms with Crippen molar-refractivity contribution >= 4 is 11.6 Å². The highest BCUT2D eigenvalue weighted by Gasteiger charge is 2.63. The number of carbonyl (C=O) groups is 1. The van der Waals surface area contributed by atoms with E-state index in [1.54, 1.807) is 7.11 Å². The maximum Gasteiger partial charge on any atom is 0.228 e. The Hall–Kier alpha value is -1.88. The third kappa shape index (κ3) is 2.48. The van der Waals surface area contributed by atoms with Crippen LogP contribution in [0.1, 0.15) is 31.5 Å². The van der Waals surface area contributed by atoms with Gasteiger partial charge in [-0.15, -0.1) is 0 Å². The first kappa shape index (κ1) is 16.6. The second kappa shape index (κ2) is 5.56. The number of methoxy groups -OCH3 is 1. The molecule has 1 aliphatic heterocycles. The van der Waals surface area contributed by atoms with E-state index in [-0.39, 0.29) is 11.3 Å². The molecule has 2 aliphatic rings. The van der Waals surface area contributed by atoms with E-state index in [0.717, 1.165) is 43.0 Å². The standard InChI is InChI=1S/C20H27N3O2/c1-14-6-5-7-23-15(9-21-18(14)23)8-17(24)22-10-16-19(2,3)11-20(16,12-22)13-25-4/h5-7,9,16H,8,10-13H2,1-4H3/t16-,20-/m1/s1. The quantitative estimate of drug-likeness (QED) is 0.859. The lowest BCUT2D eigenvalue weighted by Gasteiger charge is -2.56. The van der Waals surface area contributed by atoms with Gasteiger partial charge in [-0.1, -0.05) is 19.9 Å². The lowest BCUT2D eigenvalue weighted by Crippen LogP contribution is -2.55. The normalized spacial score (nSPS) is 27.4. The number of rotatable bonds is 4. The number of ether oxygens (including phenoxy) is 1. The van der Waals surface area contributed by atoms with Gasteiger partial charge >= 0.3 is 0 Å². The molecule has 1 aliphatic carbocycles. The highest BCUT2D eigenvalue weighted by Crippen LogP contribution is 2.62. The maximum atomic E-state index is 13.0. The van der Waals surface area contributed by atoms with Crippen molar-refractivity contribution in [2.24, 2.45) is 16.7 Å². The summed E-state index contributed by atoms with van der Waals surface area (Å²) in [5.41, 5.74) is 3.48. The van der Waals surface area contributed by atoms with Crippen LogP contribution in [-0.4, -0.2) is 47.0 Å². The minimum atomic E-state index is 0.157. The lowest BCUT2D eigenvalue weighted by atomic mass is 9.48. The maximum absolute atomic E-state index is 13.0. The molecular formula is C20H27N3O2. The second-order valence-corrected chi connectivity index (χ2v) is 8.60. The Morgan fingerprint density at radius 2 is 2.24 bits per heavy atom. The van der Waals surface area contributed by atoms with Crippen molar-refractivity contribution in [3.05, 3.63) is 35.8 Å². The molecule has 0 unspecified atom stereocenters. The molecular weight excluding hydrogens is 314 g/mol. The average molecular weight is 341 g/mol. The van der Waals surface area contributed by atoms with Gasteiger partial charge < -0.3 is 14.0 Å². The molecule has 2 atom stereocenters. The number of imidazole rings is 1. The van der Waals surface area contributed by atoms with Crippen molar-refractivity contribution in [1.82, 2.24) is 14.3 Å². The minimum Gasteiger partial charge on any atom is -0.384 e. The van der Waals surface area contributed by atoms with Gasteiger partial charge in [0, 0.05) is 38.0 Å². The van der Waals surface area contributed by atoms with Crippen LogP contribution in [0.4, 0.5) is 0 Å². The van der Waals surface area contributed by atoms with Crippen LogP contribution < -0.4 is 0 Å². The molecule has 1 saturated carbocycles. The molecule has 3 heterocycles. The highest BCUT2D eigenvalue weighted by molar-refractivity contribution is 5.79. The molecule has 0 spiro atoms. The van der Waals surface area contributed by atoms with Gasteiger partial charge in [-0.05, 0) is 36.3 Å². The molecule has 0 radical (unpaired) electrons. The molecule has 5 nitrogen and oxygen atoms in total. The molecule has 4 rings (SSSR count). The van der Waals surface area contributed by atoms with Crippen LogP contribution in [0, 0.1) is 23.7 Å². The summed E-state index contributed by atoms with van der Waals surface area (Å²) in [6.07, 6.45) is 5.36. The predicted molar refractivity (Wildman–Crippen MR) is 96.4 cm³/mol. The number of aromatic nitrogens is 2. The van der Waals surface area contributed by atoms with Crippen molar-refractivity contribution in [2.45, 2.75) is 33.6 Å². The summed E-state index contributed by atoms with van der Waals surface area (Å²) in [5, 5.41) is 0. The van der Waals surface area contributed by atoms with E-state index >= 15 is 0 Å². The summed E-state index contributed by atoms with van der Waals surface area (Å²) < 4.78 is 7.53. The van der Waals surface area contributed by atoms with Crippen LogP contribution >= 0.6 is 0 Å². The van der Waals surface area contributed by atoms with Crippen molar-refractivity contribution < 1.29 is 9.53 Å². The van der Waals surface area contributed by atoms with E-state index in [2.05, 4.69) is 18.8 Å². The molecule has 0 N–H and O–H groups in total. The van der Waals surface area contributed by atoms with Gasteiger partial charge in [0.1, 0.15) is 5.65 Å². The highest BCUT2D eigenvalue weighted by atomic mass is 16.5. The van der Waals surface area contributed by atoms with Crippen molar-refractivity contribution in [3.8, 4) is 0 Å². The van der Waals surface area contributed by atoms with E-state index in [4.69, 9.17) is 4.74 Å². The second-order valence-electron chi connectivity index (χ2n) is 8.60. The lowest BCUT2D eigenvalue weighted by molar-refractivity contribution is -0.130. The Labute approximate surface area is 149 Å². The SMILES string of the molecule is COC[C@@]12CN(C(=O)Cc3cnc4c(C)cccn34)C[C@@H]1C(C)(C)C2. The number of hydrogen-bond acceptors (Lipinski definition) is 3. The molecule has 0 aromatic carbocycles. The third-order valence-corrected chi connectivity index (χ3v) is 6.32. The Balaban J connectivity index is 1.53. The first-order valence-electron chi connectivity index (χ1n) is 9.05. The fraction of sp³-hybridized carbons (Fsp3) is 0.600. The molecule has 25 heavy (non-hydrogen) atoms. The summed E-state index contributed by atoms with van der Waals surface area (Å²) in [6.45, 7) is 9.09. The molecule has 0 bridgehead atoms. The van der Waals surface area contributed by atoms with E-state index in [0.29, 0.717) is 17.8 Å². The minimum absolute atomic E-state index is 0.157. The number of carbonyl (C=O) groups excluding carboxylic acids is 1. The number of amides is 1. The van der Waals surface area contributed by atoms with Gasteiger partial charge in [-0.2, -0.15) is 0 Å². The monoisotopic (exact) mass is 341 g/mol. The van der Waals surface area contributed by atoms with Crippen LogP contribution in [0.2, 0.25) is 0 Å². The topological polar surface area (TPSA) is 46.8 Å². The van der Waals surface area contributed by atoms with Gasteiger partial charge in [-0.3, -0.25) is 4.79 Å². The molecule has 1 saturated heterocycles. The zero-order valence-electron chi connectivity index (χ0n) is 15.6. The van der Waals surface area contributed by atoms with E-state index in [9.17, 15) is 4.79 Å². The summed E-state index contributed by atoms with van der Waals surface area (Å²) in [5.74, 6) is 0.734. The van der Waals surface area contributed by atoms with Crippen LogP contribution in [-0.2, 0) is 16.0 Å². The van der Waals surface area contributed by atoms with Gasteiger partial charge in [0.15, 0.2) is 0 Å². The predicted octanol–water partition coefficient (Wildman–Crippen LogP) is 2.71. The molecule has 2 fully saturated rings. The number of aryl methyl sites for hydroxylation is 1. The largest absolute Gasteiger partial charge is 0.384 e. The van der Waals surface area contributed by atoms with Crippen molar-refractivity contribution in [1.29, 1.82) is 0 Å². The van der Waals surface area contributed by atoms with Gasteiger partial charge in [0.2, 0.25) is 5.91 Å². The molecule has 2 aromatic heterocycles.